The monoisotopic (exact) mass is 388 g/mol. The summed E-state index contributed by atoms with van der Waals surface area (Å²) in [5.41, 5.74) is 1.73. The van der Waals surface area contributed by atoms with Crippen LogP contribution in [-0.4, -0.2) is 29.6 Å². The highest BCUT2D eigenvalue weighted by Gasteiger charge is 2.33. The lowest BCUT2D eigenvalue weighted by atomic mass is 9.99. The third kappa shape index (κ3) is 8.75. The number of hydrogen-bond acceptors (Lipinski definition) is 2. The van der Waals surface area contributed by atoms with E-state index in [9.17, 15) is 4.79 Å². The van der Waals surface area contributed by atoms with Crippen LogP contribution in [0.1, 0.15) is 111 Å². The number of carbonyl (C=O) groups excluding carboxylic acids is 1. The van der Waals surface area contributed by atoms with Crippen molar-refractivity contribution < 1.29 is 4.79 Å². The molecule has 28 heavy (non-hydrogen) atoms. The van der Waals surface area contributed by atoms with Crippen molar-refractivity contribution in [2.75, 3.05) is 6.54 Å². The summed E-state index contributed by atoms with van der Waals surface area (Å²) in [5, 5.41) is 0. The number of allylic oxidation sites excluding steroid dienone is 1. The Morgan fingerprint density at radius 3 is 1.93 bits per heavy atom. The molecule has 0 saturated carbocycles. The number of amides is 1. The predicted octanol–water partition coefficient (Wildman–Crippen LogP) is 7.23. The average Bonchev–Trinajstić information content (AvgIpc) is 2.99. The van der Waals surface area contributed by atoms with Gasteiger partial charge in [-0.1, -0.05) is 96.6 Å². The van der Waals surface area contributed by atoms with Gasteiger partial charge in [0, 0.05) is 12.3 Å². The van der Waals surface area contributed by atoms with Crippen molar-refractivity contribution in [2.45, 2.75) is 117 Å². The van der Waals surface area contributed by atoms with Crippen LogP contribution in [-0.2, 0) is 4.79 Å². The molecule has 1 aliphatic heterocycles. The first-order valence-corrected chi connectivity index (χ1v) is 11.8. The van der Waals surface area contributed by atoms with Crippen molar-refractivity contribution in [3.63, 3.8) is 0 Å². The van der Waals surface area contributed by atoms with E-state index in [1.807, 2.05) is 32.2 Å². The Kier molecular flexibility index (Phi) is 13.7. The molecule has 0 bridgehead atoms. The fourth-order valence-electron chi connectivity index (χ4n) is 4.09. The Morgan fingerprint density at radius 2 is 1.43 bits per heavy atom. The van der Waals surface area contributed by atoms with Gasteiger partial charge in [0.1, 0.15) is 0 Å². The molecule has 0 saturated heterocycles. The molecule has 0 aromatic rings. The quantitative estimate of drug-likeness (QED) is 0.203. The average molecular weight is 389 g/mol. The van der Waals surface area contributed by atoms with E-state index in [2.05, 4.69) is 23.7 Å². The van der Waals surface area contributed by atoms with Crippen molar-refractivity contribution in [3.05, 3.63) is 23.4 Å². The zero-order valence-electron chi connectivity index (χ0n) is 19.0. The first kappa shape index (κ1) is 24.7. The minimum atomic E-state index is 0.184. The van der Waals surface area contributed by atoms with E-state index >= 15 is 0 Å². The van der Waals surface area contributed by atoms with E-state index in [0.29, 0.717) is 12.6 Å². The second-order valence-electron chi connectivity index (χ2n) is 8.09. The third-order valence-corrected chi connectivity index (χ3v) is 5.71. The van der Waals surface area contributed by atoms with Gasteiger partial charge in [0.15, 0.2) is 0 Å². The topological polar surface area (TPSA) is 32.7 Å². The van der Waals surface area contributed by atoms with E-state index in [4.69, 9.17) is 0 Å². The molecule has 1 rings (SSSR count). The molecule has 0 spiro atoms. The molecule has 0 aromatic carbocycles. The van der Waals surface area contributed by atoms with Gasteiger partial charge in [0.25, 0.3) is 5.91 Å². The van der Waals surface area contributed by atoms with Gasteiger partial charge >= 0.3 is 0 Å². The molecule has 1 heterocycles. The van der Waals surface area contributed by atoms with Crippen LogP contribution in [0.3, 0.4) is 0 Å². The van der Waals surface area contributed by atoms with Gasteiger partial charge in [-0.2, -0.15) is 0 Å². The van der Waals surface area contributed by atoms with E-state index in [1.54, 1.807) is 0 Å². The van der Waals surface area contributed by atoms with Gasteiger partial charge in [0.2, 0.25) is 0 Å². The van der Waals surface area contributed by atoms with E-state index in [0.717, 1.165) is 24.1 Å². The van der Waals surface area contributed by atoms with Gasteiger partial charge in [-0.25, -0.2) is 0 Å². The van der Waals surface area contributed by atoms with Gasteiger partial charge < -0.3 is 4.90 Å². The number of unbranched alkanes of at least 4 members (excludes halogenated alkanes) is 9. The smallest absolute Gasteiger partial charge is 0.256 e. The standard InChI is InChI=1S/C25H44N2O/c1-5-9-11-13-15-17-20-22(19-16-14-12-10-6-2)27-21-24(26-8-4)23(18-7-3)25(27)28/h7-8,18,22H,5-6,9-17,19-21H2,1-4H3/b18-7-,26-8?. The largest absolute Gasteiger partial charge is 0.330 e. The molecule has 3 nitrogen and oxygen atoms in total. The van der Waals surface area contributed by atoms with E-state index < -0.39 is 0 Å². The minimum Gasteiger partial charge on any atom is -0.330 e. The molecule has 0 N–H and O–H groups in total. The Balaban J connectivity index is 2.67. The maximum Gasteiger partial charge on any atom is 0.256 e. The fraction of sp³-hybridized carbons (Fsp3) is 0.760. The number of nitrogens with zero attached hydrogens (tertiary/aromatic N) is 2. The molecule has 0 radical (unpaired) electrons. The summed E-state index contributed by atoms with van der Waals surface area (Å²) in [6.45, 7) is 9.10. The zero-order chi connectivity index (χ0) is 20.6. The zero-order valence-corrected chi connectivity index (χ0v) is 19.0. The van der Waals surface area contributed by atoms with Crippen molar-refractivity contribution in [2.24, 2.45) is 4.99 Å². The van der Waals surface area contributed by atoms with Crippen molar-refractivity contribution in [1.82, 2.24) is 4.90 Å². The fourth-order valence-corrected chi connectivity index (χ4v) is 4.09. The maximum atomic E-state index is 13.1. The molecule has 3 heteroatoms. The third-order valence-electron chi connectivity index (χ3n) is 5.71. The van der Waals surface area contributed by atoms with Crippen LogP contribution in [0, 0.1) is 0 Å². The van der Waals surface area contributed by atoms with Crippen LogP contribution in [0.4, 0.5) is 0 Å². The van der Waals surface area contributed by atoms with Crippen LogP contribution >= 0.6 is 0 Å². The predicted molar refractivity (Wildman–Crippen MR) is 123 cm³/mol. The van der Waals surface area contributed by atoms with Crippen LogP contribution in [0.5, 0.6) is 0 Å². The first-order chi connectivity index (χ1) is 13.7. The van der Waals surface area contributed by atoms with Crippen molar-refractivity contribution in [1.29, 1.82) is 0 Å². The molecular formula is C25H44N2O. The summed E-state index contributed by atoms with van der Waals surface area (Å²) in [7, 11) is 0. The Bertz CT molecular complexity index is 519. The second kappa shape index (κ2) is 15.5. The van der Waals surface area contributed by atoms with Crippen LogP contribution in [0.25, 0.3) is 0 Å². The highest BCUT2D eigenvalue weighted by Crippen LogP contribution is 2.28. The molecule has 160 valence electrons. The van der Waals surface area contributed by atoms with Gasteiger partial charge in [-0.3, -0.25) is 9.79 Å². The lowest BCUT2D eigenvalue weighted by Gasteiger charge is -2.28. The number of carbonyl (C=O) groups is 1. The second-order valence-corrected chi connectivity index (χ2v) is 8.09. The number of aliphatic imine (C=N–C) groups is 1. The molecule has 0 fully saturated rings. The van der Waals surface area contributed by atoms with Crippen molar-refractivity contribution in [3.8, 4) is 0 Å². The molecule has 0 aliphatic carbocycles. The van der Waals surface area contributed by atoms with Crippen LogP contribution in [0.2, 0.25) is 0 Å². The highest BCUT2D eigenvalue weighted by atomic mass is 16.2. The van der Waals surface area contributed by atoms with Crippen LogP contribution < -0.4 is 0 Å². The normalized spacial score (nSPS) is 16.3. The SMILES string of the molecule is CC=NC1=C(/C=C\C)C(=O)N(C(CCCCCCC)CCCCCCCC)C1. The lowest BCUT2D eigenvalue weighted by Crippen LogP contribution is -2.37. The summed E-state index contributed by atoms with van der Waals surface area (Å²) >= 11 is 0. The van der Waals surface area contributed by atoms with Gasteiger partial charge in [0.05, 0.1) is 17.8 Å². The summed E-state index contributed by atoms with van der Waals surface area (Å²) < 4.78 is 0. The molecule has 1 amide bonds. The van der Waals surface area contributed by atoms with E-state index in [-0.39, 0.29) is 5.91 Å². The number of rotatable bonds is 16. The summed E-state index contributed by atoms with van der Waals surface area (Å²) in [4.78, 5) is 19.7. The minimum absolute atomic E-state index is 0.184. The van der Waals surface area contributed by atoms with Gasteiger partial charge in [-0.05, 0) is 26.7 Å². The lowest BCUT2D eigenvalue weighted by molar-refractivity contribution is -0.127. The molecule has 0 aromatic heterocycles. The van der Waals surface area contributed by atoms with Crippen LogP contribution in [0.15, 0.2) is 28.4 Å². The summed E-state index contributed by atoms with van der Waals surface area (Å²) in [6.07, 6.45) is 22.3. The maximum absolute atomic E-state index is 13.1. The number of hydrogen-bond donors (Lipinski definition) is 0. The molecule has 1 unspecified atom stereocenters. The molecular weight excluding hydrogens is 344 g/mol. The summed E-state index contributed by atoms with van der Waals surface area (Å²) in [6, 6.07) is 0.366. The van der Waals surface area contributed by atoms with Crippen molar-refractivity contribution >= 4 is 12.1 Å². The Hall–Kier alpha value is -1.38. The van der Waals surface area contributed by atoms with E-state index in [1.165, 1.54) is 70.6 Å². The first-order valence-electron chi connectivity index (χ1n) is 11.8. The Morgan fingerprint density at radius 1 is 0.893 bits per heavy atom. The molecule has 1 aliphatic rings. The Labute approximate surface area is 174 Å². The molecule has 1 atom stereocenters. The van der Waals surface area contributed by atoms with Gasteiger partial charge in [-0.15, -0.1) is 0 Å². The highest BCUT2D eigenvalue weighted by molar-refractivity contribution is 6.00. The summed E-state index contributed by atoms with van der Waals surface area (Å²) in [5.74, 6) is 0.184.